The monoisotopic (exact) mass is 316 g/mol. The summed E-state index contributed by atoms with van der Waals surface area (Å²) in [6.07, 6.45) is 0.653. The van der Waals surface area contributed by atoms with Crippen molar-refractivity contribution in [2.75, 3.05) is 19.5 Å². The van der Waals surface area contributed by atoms with Crippen LogP contribution in [0.2, 0.25) is 0 Å². The van der Waals surface area contributed by atoms with Crippen molar-refractivity contribution >= 4 is 10.1 Å². The second-order valence-corrected chi connectivity index (χ2v) is 6.65. The molecule has 3 atom stereocenters. The molecule has 1 aliphatic heterocycles. The first-order valence-electron chi connectivity index (χ1n) is 6.78. The summed E-state index contributed by atoms with van der Waals surface area (Å²) in [5.41, 5.74) is 0.687. The van der Waals surface area contributed by atoms with Gasteiger partial charge in [0.15, 0.2) is 6.29 Å². The maximum absolute atomic E-state index is 11.0. The molecule has 0 bridgehead atoms. The van der Waals surface area contributed by atoms with Gasteiger partial charge in [0.2, 0.25) is 0 Å². The molecular formula is C14H20O6S. The highest BCUT2D eigenvalue weighted by Crippen LogP contribution is 2.20. The van der Waals surface area contributed by atoms with Crippen LogP contribution < -0.4 is 0 Å². The number of aliphatic hydroxyl groups is 1. The third-order valence-corrected chi connectivity index (χ3v) is 3.79. The fraction of sp³-hybridized carbons (Fsp3) is 0.571. The highest BCUT2D eigenvalue weighted by Gasteiger charge is 2.25. The Morgan fingerprint density at radius 2 is 2.05 bits per heavy atom. The van der Waals surface area contributed by atoms with Crippen LogP contribution in [0.5, 0.6) is 0 Å². The highest BCUT2D eigenvalue weighted by molar-refractivity contribution is 7.86. The predicted octanol–water partition coefficient (Wildman–Crippen LogP) is 1.22. The number of rotatable bonds is 6. The molecule has 0 spiro atoms. The second kappa shape index (κ2) is 7.33. The van der Waals surface area contributed by atoms with Gasteiger partial charge in [0.25, 0.3) is 10.1 Å². The lowest BCUT2D eigenvalue weighted by molar-refractivity contribution is -0.149. The topological polar surface area (TPSA) is 82.1 Å². The SMILES string of the molecule is CS(=O)(=O)O[C@H]1CC[C@@H](COC(O)c2ccccc2)OC1. The third kappa shape index (κ3) is 5.72. The van der Waals surface area contributed by atoms with E-state index >= 15 is 0 Å². The van der Waals surface area contributed by atoms with E-state index in [1.807, 2.05) is 18.2 Å². The quantitative estimate of drug-likeness (QED) is 0.628. The normalized spacial score (nSPS) is 24.7. The number of ether oxygens (including phenoxy) is 2. The molecular weight excluding hydrogens is 296 g/mol. The van der Waals surface area contributed by atoms with E-state index in [0.29, 0.717) is 18.4 Å². The Hall–Kier alpha value is -0.990. The maximum Gasteiger partial charge on any atom is 0.264 e. The zero-order valence-corrected chi connectivity index (χ0v) is 12.7. The summed E-state index contributed by atoms with van der Waals surface area (Å²) in [5.74, 6) is 0. The Kier molecular flexibility index (Phi) is 5.72. The average molecular weight is 316 g/mol. The van der Waals surface area contributed by atoms with Gasteiger partial charge >= 0.3 is 0 Å². The van der Waals surface area contributed by atoms with E-state index in [0.717, 1.165) is 6.26 Å². The van der Waals surface area contributed by atoms with Crippen molar-refractivity contribution in [1.82, 2.24) is 0 Å². The largest absolute Gasteiger partial charge is 0.373 e. The van der Waals surface area contributed by atoms with Crippen molar-refractivity contribution in [2.24, 2.45) is 0 Å². The van der Waals surface area contributed by atoms with Gasteiger partial charge in [-0.25, -0.2) is 0 Å². The van der Waals surface area contributed by atoms with Crippen LogP contribution in [-0.2, 0) is 23.8 Å². The van der Waals surface area contributed by atoms with E-state index in [1.165, 1.54) is 0 Å². The minimum absolute atomic E-state index is 0.164. The van der Waals surface area contributed by atoms with E-state index in [4.69, 9.17) is 13.7 Å². The van der Waals surface area contributed by atoms with Crippen LogP contribution >= 0.6 is 0 Å². The zero-order valence-electron chi connectivity index (χ0n) is 11.8. The van der Waals surface area contributed by atoms with Crippen LogP contribution in [0.4, 0.5) is 0 Å². The molecule has 1 saturated heterocycles. The molecule has 21 heavy (non-hydrogen) atoms. The number of hydrogen-bond acceptors (Lipinski definition) is 6. The van der Waals surface area contributed by atoms with Gasteiger partial charge in [0, 0.05) is 5.56 Å². The summed E-state index contributed by atoms with van der Waals surface area (Å²) < 4.78 is 37.8. The van der Waals surface area contributed by atoms with Gasteiger partial charge < -0.3 is 14.6 Å². The summed E-state index contributed by atoms with van der Waals surface area (Å²) in [6, 6.07) is 9.07. The second-order valence-electron chi connectivity index (χ2n) is 5.05. The van der Waals surface area contributed by atoms with E-state index in [1.54, 1.807) is 12.1 Å². The van der Waals surface area contributed by atoms with Crippen LogP contribution in [0.15, 0.2) is 30.3 Å². The summed E-state index contributed by atoms with van der Waals surface area (Å²) in [5, 5.41) is 9.87. The molecule has 1 heterocycles. The molecule has 2 rings (SSSR count). The molecule has 0 saturated carbocycles. The van der Waals surface area contributed by atoms with Gasteiger partial charge in [0.1, 0.15) is 6.10 Å². The molecule has 7 heteroatoms. The Morgan fingerprint density at radius 3 is 2.62 bits per heavy atom. The van der Waals surface area contributed by atoms with E-state index in [-0.39, 0.29) is 19.3 Å². The molecule has 6 nitrogen and oxygen atoms in total. The van der Waals surface area contributed by atoms with Crippen molar-refractivity contribution in [2.45, 2.75) is 31.3 Å². The lowest BCUT2D eigenvalue weighted by Crippen LogP contribution is -2.35. The van der Waals surface area contributed by atoms with Crippen molar-refractivity contribution in [3.05, 3.63) is 35.9 Å². The van der Waals surface area contributed by atoms with Gasteiger partial charge in [-0.05, 0) is 12.8 Å². The lowest BCUT2D eigenvalue weighted by Gasteiger charge is -2.28. The first kappa shape index (κ1) is 16.4. The van der Waals surface area contributed by atoms with E-state index in [2.05, 4.69) is 0 Å². The number of hydrogen-bond donors (Lipinski definition) is 1. The summed E-state index contributed by atoms with van der Waals surface area (Å²) in [7, 11) is -3.45. The molecule has 1 unspecified atom stereocenters. The molecule has 0 radical (unpaired) electrons. The van der Waals surface area contributed by atoms with Gasteiger partial charge in [-0.2, -0.15) is 8.42 Å². The van der Waals surface area contributed by atoms with Crippen LogP contribution in [0.1, 0.15) is 24.7 Å². The molecule has 0 aliphatic carbocycles. The molecule has 1 aromatic rings. The minimum atomic E-state index is -3.45. The van der Waals surface area contributed by atoms with E-state index < -0.39 is 22.5 Å². The van der Waals surface area contributed by atoms with Crippen molar-refractivity contribution < 1.29 is 27.2 Å². The van der Waals surface area contributed by atoms with Crippen LogP contribution in [-0.4, -0.2) is 45.2 Å². The Balaban J connectivity index is 1.72. The molecule has 1 N–H and O–H groups in total. The minimum Gasteiger partial charge on any atom is -0.373 e. The lowest BCUT2D eigenvalue weighted by atomic mass is 10.1. The number of aliphatic hydroxyl groups excluding tert-OH is 1. The van der Waals surface area contributed by atoms with Gasteiger partial charge in [-0.3, -0.25) is 4.18 Å². The summed E-state index contributed by atoms with van der Waals surface area (Å²) in [4.78, 5) is 0. The van der Waals surface area contributed by atoms with Crippen molar-refractivity contribution in [3.8, 4) is 0 Å². The molecule has 0 amide bonds. The third-order valence-electron chi connectivity index (χ3n) is 3.16. The maximum atomic E-state index is 11.0. The highest BCUT2D eigenvalue weighted by atomic mass is 32.2. The molecule has 1 aromatic carbocycles. The Bertz CT molecular complexity index is 522. The van der Waals surface area contributed by atoms with Gasteiger partial charge in [-0.15, -0.1) is 0 Å². The molecule has 118 valence electrons. The Labute approximate surface area is 124 Å². The molecule has 1 fully saturated rings. The van der Waals surface area contributed by atoms with Crippen LogP contribution in [0, 0.1) is 0 Å². The average Bonchev–Trinajstić information content (AvgIpc) is 2.45. The first-order chi connectivity index (χ1) is 9.94. The zero-order chi connectivity index (χ0) is 15.3. The fourth-order valence-corrected chi connectivity index (χ4v) is 2.79. The van der Waals surface area contributed by atoms with Crippen LogP contribution in [0.25, 0.3) is 0 Å². The van der Waals surface area contributed by atoms with Crippen molar-refractivity contribution in [3.63, 3.8) is 0 Å². The smallest absolute Gasteiger partial charge is 0.264 e. The van der Waals surface area contributed by atoms with Gasteiger partial charge in [-0.1, -0.05) is 30.3 Å². The fourth-order valence-electron chi connectivity index (χ4n) is 2.15. The van der Waals surface area contributed by atoms with E-state index in [9.17, 15) is 13.5 Å². The van der Waals surface area contributed by atoms with Crippen molar-refractivity contribution in [1.29, 1.82) is 0 Å². The summed E-state index contributed by atoms with van der Waals surface area (Å²) in [6.45, 7) is 0.462. The first-order valence-corrected chi connectivity index (χ1v) is 8.60. The molecule has 0 aromatic heterocycles. The predicted molar refractivity (Wildman–Crippen MR) is 76.0 cm³/mol. The molecule has 1 aliphatic rings. The Morgan fingerprint density at radius 1 is 1.33 bits per heavy atom. The van der Waals surface area contributed by atoms with Gasteiger partial charge in [0.05, 0.1) is 25.6 Å². The summed E-state index contributed by atoms with van der Waals surface area (Å²) >= 11 is 0. The van der Waals surface area contributed by atoms with Crippen LogP contribution in [0.3, 0.4) is 0 Å². The standard InChI is InChI=1S/C14H20O6S/c1-21(16,17)20-13-8-7-12(18-10-13)9-19-14(15)11-5-3-2-4-6-11/h2-6,12-15H,7-10H2,1H3/t12-,13-,14?/m0/s1. The number of benzene rings is 1.